The molecule has 2 aromatic rings. The van der Waals surface area contributed by atoms with Crippen molar-refractivity contribution < 1.29 is 9.21 Å². The molecular weight excluding hydrogens is 280 g/mol. The number of imidazole rings is 1. The first-order chi connectivity index (χ1) is 10.7. The van der Waals surface area contributed by atoms with E-state index in [0.29, 0.717) is 11.6 Å². The van der Waals surface area contributed by atoms with Gasteiger partial charge in [-0.1, -0.05) is 0 Å². The van der Waals surface area contributed by atoms with Crippen LogP contribution < -0.4 is 5.32 Å². The summed E-state index contributed by atoms with van der Waals surface area (Å²) in [5, 5.41) is 3.00. The number of nitrogens with zero attached hydrogens (tertiary/aromatic N) is 2. The van der Waals surface area contributed by atoms with Gasteiger partial charge in [0.2, 0.25) is 0 Å². The van der Waals surface area contributed by atoms with E-state index in [0.717, 1.165) is 44.7 Å². The molecule has 3 rings (SSSR count). The molecule has 2 N–H and O–H groups in total. The second-order valence-corrected chi connectivity index (χ2v) is 5.94. The quantitative estimate of drug-likeness (QED) is 0.885. The summed E-state index contributed by atoms with van der Waals surface area (Å²) in [6.07, 6.45) is 7.29. The normalized spacial score (nSPS) is 16.8. The summed E-state index contributed by atoms with van der Waals surface area (Å²) >= 11 is 0. The van der Waals surface area contributed by atoms with E-state index in [2.05, 4.69) is 20.2 Å². The van der Waals surface area contributed by atoms with Crippen LogP contribution >= 0.6 is 0 Å². The van der Waals surface area contributed by atoms with Gasteiger partial charge in [-0.2, -0.15) is 0 Å². The van der Waals surface area contributed by atoms with Crippen LogP contribution in [0.4, 0.5) is 0 Å². The SMILES string of the molecule is Cc1[nH]cnc1C(=O)NCC1CCN(Cc2ccoc2)CC1. The van der Waals surface area contributed by atoms with Crippen LogP contribution in [0.5, 0.6) is 0 Å². The minimum Gasteiger partial charge on any atom is -0.472 e. The van der Waals surface area contributed by atoms with Crippen LogP contribution in [0.15, 0.2) is 29.3 Å². The molecule has 0 saturated carbocycles. The van der Waals surface area contributed by atoms with Crippen molar-refractivity contribution >= 4 is 5.91 Å². The summed E-state index contributed by atoms with van der Waals surface area (Å²) in [5.74, 6) is 0.461. The van der Waals surface area contributed by atoms with E-state index < -0.39 is 0 Å². The van der Waals surface area contributed by atoms with Gasteiger partial charge < -0.3 is 14.7 Å². The first-order valence-corrected chi connectivity index (χ1v) is 7.74. The molecule has 6 heteroatoms. The standard InChI is InChI=1S/C16H22N4O2/c1-12-15(19-11-18-12)16(21)17-8-13-2-5-20(6-3-13)9-14-4-7-22-10-14/h4,7,10-11,13H,2-3,5-6,8-9H2,1H3,(H,17,21)(H,18,19). The maximum absolute atomic E-state index is 12.0. The molecule has 118 valence electrons. The molecule has 0 radical (unpaired) electrons. The van der Waals surface area contributed by atoms with Gasteiger partial charge in [0.1, 0.15) is 5.69 Å². The van der Waals surface area contributed by atoms with Crippen molar-refractivity contribution in [3.8, 4) is 0 Å². The van der Waals surface area contributed by atoms with E-state index in [1.54, 1.807) is 18.9 Å². The Morgan fingerprint density at radius 1 is 1.50 bits per heavy atom. The number of hydrogen-bond acceptors (Lipinski definition) is 4. The fraction of sp³-hybridized carbons (Fsp3) is 0.500. The zero-order valence-electron chi connectivity index (χ0n) is 12.8. The van der Waals surface area contributed by atoms with E-state index in [-0.39, 0.29) is 5.91 Å². The first-order valence-electron chi connectivity index (χ1n) is 7.74. The predicted octanol–water partition coefficient (Wildman–Crippen LogP) is 1.95. The molecule has 3 heterocycles. The first kappa shape index (κ1) is 14.8. The Kier molecular flexibility index (Phi) is 4.58. The number of likely N-dealkylation sites (tertiary alicyclic amines) is 1. The van der Waals surface area contributed by atoms with Gasteiger partial charge in [-0.05, 0) is 44.8 Å². The Bertz CT molecular complexity index is 597. The Morgan fingerprint density at radius 2 is 2.32 bits per heavy atom. The van der Waals surface area contributed by atoms with E-state index >= 15 is 0 Å². The number of aryl methyl sites for hydroxylation is 1. The maximum atomic E-state index is 12.0. The molecule has 1 aliphatic rings. The molecule has 0 atom stereocenters. The monoisotopic (exact) mass is 302 g/mol. The van der Waals surface area contributed by atoms with Gasteiger partial charge in [0, 0.05) is 24.3 Å². The largest absolute Gasteiger partial charge is 0.472 e. The number of carbonyl (C=O) groups excluding carboxylic acids is 1. The molecule has 1 fully saturated rings. The average Bonchev–Trinajstić information content (AvgIpc) is 3.18. The van der Waals surface area contributed by atoms with Crippen LogP contribution in [0.2, 0.25) is 0 Å². The molecule has 2 aromatic heterocycles. The lowest BCUT2D eigenvalue weighted by Gasteiger charge is -2.31. The minimum atomic E-state index is -0.0837. The average molecular weight is 302 g/mol. The van der Waals surface area contributed by atoms with Crippen LogP contribution in [-0.4, -0.2) is 40.4 Å². The highest BCUT2D eigenvalue weighted by Crippen LogP contribution is 2.18. The third-order valence-corrected chi connectivity index (χ3v) is 4.29. The molecule has 0 aliphatic carbocycles. The molecule has 22 heavy (non-hydrogen) atoms. The van der Waals surface area contributed by atoms with Crippen LogP contribution in [0.25, 0.3) is 0 Å². The number of hydrogen-bond donors (Lipinski definition) is 2. The Hall–Kier alpha value is -2.08. The zero-order chi connectivity index (χ0) is 15.4. The topological polar surface area (TPSA) is 74.2 Å². The lowest BCUT2D eigenvalue weighted by atomic mass is 9.96. The minimum absolute atomic E-state index is 0.0837. The number of piperidine rings is 1. The van der Waals surface area contributed by atoms with Gasteiger partial charge in [-0.25, -0.2) is 4.98 Å². The van der Waals surface area contributed by atoms with Crippen LogP contribution in [0.1, 0.15) is 34.6 Å². The third-order valence-electron chi connectivity index (χ3n) is 4.29. The van der Waals surface area contributed by atoms with Gasteiger partial charge in [-0.15, -0.1) is 0 Å². The summed E-state index contributed by atoms with van der Waals surface area (Å²) in [6, 6.07) is 2.01. The smallest absolute Gasteiger partial charge is 0.271 e. The molecule has 0 spiro atoms. The molecule has 0 unspecified atom stereocenters. The van der Waals surface area contributed by atoms with Gasteiger partial charge in [0.15, 0.2) is 0 Å². The van der Waals surface area contributed by atoms with E-state index in [1.807, 2.05) is 13.0 Å². The molecule has 0 aromatic carbocycles. The van der Waals surface area contributed by atoms with Crippen molar-refractivity contribution in [2.75, 3.05) is 19.6 Å². The Balaban J connectivity index is 1.40. The lowest BCUT2D eigenvalue weighted by Crippen LogP contribution is -2.38. The van der Waals surface area contributed by atoms with Crippen LogP contribution in [0.3, 0.4) is 0 Å². The summed E-state index contributed by atoms with van der Waals surface area (Å²) in [5.41, 5.74) is 2.53. The zero-order valence-corrected chi connectivity index (χ0v) is 12.8. The molecule has 6 nitrogen and oxygen atoms in total. The number of aromatic amines is 1. The van der Waals surface area contributed by atoms with Gasteiger partial charge in [0.05, 0.1) is 18.9 Å². The van der Waals surface area contributed by atoms with Crippen molar-refractivity contribution in [1.29, 1.82) is 0 Å². The van der Waals surface area contributed by atoms with Crippen molar-refractivity contribution in [3.05, 3.63) is 41.9 Å². The number of amides is 1. The molecule has 1 aliphatic heterocycles. The second-order valence-electron chi connectivity index (χ2n) is 5.94. The van der Waals surface area contributed by atoms with Crippen LogP contribution in [-0.2, 0) is 6.54 Å². The van der Waals surface area contributed by atoms with Gasteiger partial charge in [-0.3, -0.25) is 9.69 Å². The van der Waals surface area contributed by atoms with Crippen molar-refractivity contribution in [2.24, 2.45) is 5.92 Å². The predicted molar refractivity (Wildman–Crippen MR) is 82.4 cm³/mol. The highest BCUT2D eigenvalue weighted by atomic mass is 16.3. The summed E-state index contributed by atoms with van der Waals surface area (Å²) < 4.78 is 5.10. The summed E-state index contributed by atoms with van der Waals surface area (Å²) in [7, 11) is 0. The molecule has 1 amide bonds. The molecule has 1 saturated heterocycles. The van der Waals surface area contributed by atoms with Gasteiger partial charge >= 0.3 is 0 Å². The van der Waals surface area contributed by atoms with Crippen molar-refractivity contribution in [1.82, 2.24) is 20.2 Å². The number of rotatable bonds is 5. The number of nitrogens with one attached hydrogen (secondary N) is 2. The van der Waals surface area contributed by atoms with E-state index in [1.165, 1.54) is 5.56 Å². The fourth-order valence-electron chi connectivity index (χ4n) is 2.90. The lowest BCUT2D eigenvalue weighted by molar-refractivity contribution is 0.0930. The maximum Gasteiger partial charge on any atom is 0.271 e. The second kappa shape index (κ2) is 6.79. The van der Waals surface area contributed by atoms with E-state index in [4.69, 9.17) is 4.42 Å². The highest BCUT2D eigenvalue weighted by molar-refractivity contribution is 5.93. The van der Waals surface area contributed by atoms with Crippen molar-refractivity contribution in [2.45, 2.75) is 26.3 Å². The number of H-pyrrole nitrogens is 1. The number of furan rings is 1. The summed E-state index contributed by atoms with van der Waals surface area (Å²) in [4.78, 5) is 21.4. The van der Waals surface area contributed by atoms with Gasteiger partial charge in [0.25, 0.3) is 5.91 Å². The Morgan fingerprint density at radius 3 is 2.95 bits per heavy atom. The number of carbonyl (C=O) groups is 1. The third kappa shape index (κ3) is 3.57. The Labute approximate surface area is 129 Å². The highest BCUT2D eigenvalue weighted by Gasteiger charge is 2.21. The number of aromatic nitrogens is 2. The van der Waals surface area contributed by atoms with E-state index in [9.17, 15) is 4.79 Å². The molecular formula is C16H22N4O2. The summed E-state index contributed by atoms with van der Waals surface area (Å²) in [6.45, 7) is 5.66. The molecule has 0 bridgehead atoms. The van der Waals surface area contributed by atoms with Crippen molar-refractivity contribution in [3.63, 3.8) is 0 Å². The van der Waals surface area contributed by atoms with Crippen LogP contribution in [0, 0.1) is 12.8 Å². The fourth-order valence-corrected chi connectivity index (χ4v) is 2.90.